The predicted octanol–water partition coefficient (Wildman–Crippen LogP) is 3.32. The van der Waals surface area contributed by atoms with E-state index in [-0.39, 0.29) is 11.4 Å². The van der Waals surface area contributed by atoms with Gasteiger partial charge in [0.15, 0.2) is 11.6 Å². The molecule has 0 heterocycles. The summed E-state index contributed by atoms with van der Waals surface area (Å²) in [4.78, 5) is 11.9. The van der Waals surface area contributed by atoms with Gasteiger partial charge in [-0.05, 0) is 31.2 Å². The van der Waals surface area contributed by atoms with Crippen LogP contribution in [0.5, 0.6) is 11.5 Å². The highest BCUT2D eigenvalue weighted by Gasteiger charge is 2.17. The third-order valence-corrected chi connectivity index (χ3v) is 2.71. The summed E-state index contributed by atoms with van der Waals surface area (Å²) in [6.45, 7) is 2.03. The number of halogens is 2. The Kier molecular flexibility index (Phi) is 4.37. The van der Waals surface area contributed by atoms with Gasteiger partial charge in [0, 0.05) is 11.8 Å². The zero-order valence-electron chi connectivity index (χ0n) is 11.2. The Morgan fingerprint density at radius 3 is 2.62 bits per heavy atom. The standard InChI is InChI=1S/C15H13F2NO3/c1-2-21-13-7-6-9(8-11(13)17)18-15(20)14-10(16)4-3-5-12(14)19/h3-8,19H,2H2,1H3,(H,18,20). The summed E-state index contributed by atoms with van der Waals surface area (Å²) in [6, 6.07) is 7.35. The van der Waals surface area contributed by atoms with Crippen molar-refractivity contribution >= 4 is 11.6 Å². The molecule has 0 saturated carbocycles. The first-order chi connectivity index (χ1) is 10.0. The number of phenolic OH excluding ortho intramolecular Hbond substituents is 1. The van der Waals surface area contributed by atoms with Gasteiger partial charge in [0.1, 0.15) is 17.1 Å². The molecule has 21 heavy (non-hydrogen) atoms. The monoisotopic (exact) mass is 293 g/mol. The number of rotatable bonds is 4. The largest absolute Gasteiger partial charge is 0.507 e. The second-order valence-corrected chi connectivity index (χ2v) is 4.17. The van der Waals surface area contributed by atoms with Crippen LogP contribution in [0.1, 0.15) is 17.3 Å². The molecule has 2 aromatic carbocycles. The maximum absolute atomic E-state index is 13.6. The number of ether oxygens (including phenoxy) is 1. The Balaban J connectivity index is 2.22. The molecule has 0 aliphatic carbocycles. The molecule has 0 fully saturated rings. The van der Waals surface area contributed by atoms with Crippen molar-refractivity contribution in [2.45, 2.75) is 6.92 Å². The minimum Gasteiger partial charge on any atom is -0.507 e. The molecule has 2 rings (SSSR count). The van der Waals surface area contributed by atoms with Gasteiger partial charge in [-0.25, -0.2) is 8.78 Å². The van der Waals surface area contributed by atoms with E-state index < -0.39 is 28.9 Å². The van der Waals surface area contributed by atoms with E-state index in [1.165, 1.54) is 24.3 Å². The smallest absolute Gasteiger partial charge is 0.262 e. The molecule has 1 amide bonds. The van der Waals surface area contributed by atoms with Gasteiger partial charge in [-0.2, -0.15) is 0 Å². The molecular formula is C15H13F2NO3. The van der Waals surface area contributed by atoms with Crippen LogP contribution in [-0.2, 0) is 0 Å². The maximum atomic E-state index is 13.6. The Hall–Kier alpha value is -2.63. The quantitative estimate of drug-likeness (QED) is 0.909. The summed E-state index contributed by atoms with van der Waals surface area (Å²) in [5.41, 5.74) is -0.365. The Morgan fingerprint density at radius 2 is 2.00 bits per heavy atom. The van der Waals surface area contributed by atoms with Crippen molar-refractivity contribution < 1.29 is 23.4 Å². The number of hydrogen-bond donors (Lipinski definition) is 2. The fourth-order valence-corrected chi connectivity index (χ4v) is 1.78. The molecule has 0 bridgehead atoms. The lowest BCUT2D eigenvalue weighted by molar-refractivity contribution is 0.102. The van der Waals surface area contributed by atoms with Crippen LogP contribution in [-0.4, -0.2) is 17.6 Å². The van der Waals surface area contributed by atoms with E-state index in [2.05, 4.69) is 5.32 Å². The SMILES string of the molecule is CCOc1ccc(NC(=O)c2c(O)cccc2F)cc1F. The van der Waals surface area contributed by atoms with E-state index in [9.17, 15) is 18.7 Å². The maximum Gasteiger partial charge on any atom is 0.262 e. The molecule has 2 N–H and O–H groups in total. The van der Waals surface area contributed by atoms with Gasteiger partial charge in [-0.1, -0.05) is 6.07 Å². The van der Waals surface area contributed by atoms with Crippen molar-refractivity contribution in [3.63, 3.8) is 0 Å². The lowest BCUT2D eigenvalue weighted by atomic mass is 10.1. The molecule has 6 heteroatoms. The Morgan fingerprint density at radius 1 is 1.24 bits per heavy atom. The van der Waals surface area contributed by atoms with E-state index in [1.54, 1.807) is 6.92 Å². The summed E-state index contributed by atoms with van der Waals surface area (Å²) >= 11 is 0. The van der Waals surface area contributed by atoms with Gasteiger partial charge >= 0.3 is 0 Å². The average Bonchev–Trinajstić information content (AvgIpc) is 2.42. The first-order valence-corrected chi connectivity index (χ1v) is 6.24. The lowest BCUT2D eigenvalue weighted by Gasteiger charge is -2.09. The van der Waals surface area contributed by atoms with Crippen LogP contribution >= 0.6 is 0 Å². The molecule has 4 nitrogen and oxygen atoms in total. The predicted molar refractivity (Wildman–Crippen MR) is 73.6 cm³/mol. The van der Waals surface area contributed by atoms with Crippen LogP contribution in [0.25, 0.3) is 0 Å². The molecule has 0 atom stereocenters. The lowest BCUT2D eigenvalue weighted by Crippen LogP contribution is -2.14. The van der Waals surface area contributed by atoms with Crippen LogP contribution < -0.4 is 10.1 Å². The summed E-state index contributed by atoms with van der Waals surface area (Å²) < 4.78 is 32.2. The second kappa shape index (κ2) is 6.21. The summed E-state index contributed by atoms with van der Waals surface area (Å²) in [7, 11) is 0. The van der Waals surface area contributed by atoms with Gasteiger partial charge in [0.25, 0.3) is 5.91 Å². The van der Waals surface area contributed by atoms with E-state index in [1.807, 2.05) is 0 Å². The van der Waals surface area contributed by atoms with Gasteiger partial charge < -0.3 is 15.2 Å². The number of nitrogens with one attached hydrogen (secondary N) is 1. The van der Waals surface area contributed by atoms with E-state index >= 15 is 0 Å². The third-order valence-electron chi connectivity index (χ3n) is 2.71. The van der Waals surface area contributed by atoms with Crippen LogP contribution in [0.2, 0.25) is 0 Å². The van der Waals surface area contributed by atoms with Crippen molar-refractivity contribution in [2.75, 3.05) is 11.9 Å². The van der Waals surface area contributed by atoms with E-state index in [0.29, 0.717) is 6.61 Å². The number of anilines is 1. The second-order valence-electron chi connectivity index (χ2n) is 4.17. The fraction of sp³-hybridized carbons (Fsp3) is 0.133. The van der Waals surface area contributed by atoms with Crippen LogP contribution in [0.15, 0.2) is 36.4 Å². The third kappa shape index (κ3) is 3.28. The number of phenols is 1. The highest BCUT2D eigenvalue weighted by atomic mass is 19.1. The van der Waals surface area contributed by atoms with Crippen molar-refractivity contribution in [3.8, 4) is 11.5 Å². The minimum absolute atomic E-state index is 0.0595. The molecule has 0 aliphatic heterocycles. The number of hydrogen-bond acceptors (Lipinski definition) is 3. The van der Waals surface area contributed by atoms with Crippen molar-refractivity contribution in [3.05, 3.63) is 53.6 Å². The van der Waals surface area contributed by atoms with Gasteiger partial charge in [0.2, 0.25) is 0 Å². The van der Waals surface area contributed by atoms with Crippen LogP contribution in [0.4, 0.5) is 14.5 Å². The fourth-order valence-electron chi connectivity index (χ4n) is 1.78. The molecule has 0 radical (unpaired) electrons. The molecule has 0 aliphatic rings. The number of carbonyl (C=O) groups is 1. The van der Waals surface area contributed by atoms with E-state index in [4.69, 9.17) is 4.74 Å². The first kappa shape index (κ1) is 14.8. The van der Waals surface area contributed by atoms with Crippen LogP contribution in [0, 0.1) is 11.6 Å². The molecule has 0 saturated heterocycles. The first-order valence-electron chi connectivity index (χ1n) is 6.24. The molecular weight excluding hydrogens is 280 g/mol. The molecule has 110 valence electrons. The van der Waals surface area contributed by atoms with Gasteiger partial charge in [-0.15, -0.1) is 0 Å². The zero-order valence-corrected chi connectivity index (χ0v) is 11.2. The highest BCUT2D eigenvalue weighted by Crippen LogP contribution is 2.24. The number of amides is 1. The molecule has 0 aromatic heterocycles. The molecule has 0 unspecified atom stereocenters. The Bertz CT molecular complexity index is 654. The summed E-state index contributed by atoms with van der Waals surface area (Å²) in [6.07, 6.45) is 0. The van der Waals surface area contributed by atoms with Gasteiger partial charge in [-0.3, -0.25) is 4.79 Å². The van der Waals surface area contributed by atoms with E-state index in [0.717, 1.165) is 12.1 Å². The van der Waals surface area contributed by atoms with Gasteiger partial charge in [0.05, 0.1) is 6.61 Å². The normalized spacial score (nSPS) is 10.2. The minimum atomic E-state index is -0.867. The summed E-state index contributed by atoms with van der Waals surface area (Å²) in [5, 5.41) is 11.8. The van der Waals surface area contributed by atoms with Crippen LogP contribution in [0.3, 0.4) is 0 Å². The van der Waals surface area contributed by atoms with Crippen molar-refractivity contribution in [1.29, 1.82) is 0 Å². The topological polar surface area (TPSA) is 58.6 Å². The molecule has 2 aromatic rings. The number of benzene rings is 2. The zero-order chi connectivity index (χ0) is 15.4. The van der Waals surface area contributed by atoms with Crippen molar-refractivity contribution in [2.24, 2.45) is 0 Å². The number of aromatic hydroxyl groups is 1. The Labute approximate surface area is 120 Å². The molecule has 0 spiro atoms. The summed E-state index contributed by atoms with van der Waals surface area (Å²) in [5.74, 6) is -2.80. The average molecular weight is 293 g/mol. The van der Waals surface area contributed by atoms with Crippen molar-refractivity contribution in [1.82, 2.24) is 0 Å². The number of carbonyl (C=O) groups excluding carboxylic acids is 1. The highest BCUT2D eigenvalue weighted by molar-refractivity contribution is 6.06.